The summed E-state index contributed by atoms with van der Waals surface area (Å²) in [5.74, 6) is 1.44. The number of para-hydroxylation sites is 2. The van der Waals surface area contributed by atoms with Crippen LogP contribution in [-0.2, 0) is 6.54 Å². The molecule has 1 heterocycles. The lowest BCUT2D eigenvalue weighted by atomic mass is 10.1. The summed E-state index contributed by atoms with van der Waals surface area (Å²) in [5, 5.41) is 10.5. The SMILES string of the molecule is CNCc1c(C(C)Oc2ccccc2OC)n[nH]c1C. The Hall–Kier alpha value is -2.01. The van der Waals surface area contributed by atoms with E-state index in [2.05, 4.69) is 15.5 Å². The van der Waals surface area contributed by atoms with Gasteiger partial charge in [0.05, 0.1) is 7.11 Å². The number of H-pyrrole nitrogens is 1. The first-order valence-corrected chi connectivity index (χ1v) is 6.65. The molecule has 0 aliphatic rings. The van der Waals surface area contributed by atoms with Gasteiger partial charge in [-0.25, -0.2) is 0 Å². The van der Waals surface area contributed by atoms with Gasteiger partial charge in [0.25, 0.3) is 0 Å². The molecule has 0 aliphatic carbocycles. The highest BCUT2D eigenvalue weighted by Crippen LogP contribution is 2.31. The highest BCUT2D eigenvalue weighted by Gasteiger charge is 2.18. The second-order valence-corrected chi connectivity index (χ2v) is 4.65. The Bertz CT molecular complexity index is 566. The number of nitrogens with one attached hydrogen (secondary N) is 2. The van der Waals surface area contributed by atoms with Gasteiger partial charge < -0.3 is 14.8 Å². The molecule has 5 heteroatoms. The van der Waals surface area contributed by atoms with Gasteiger partial charge in [0, 0.05) is 17.8 Å². The van der Waals surface area contributed by atoms with Gasteiger partial charge in [-0.2, -0.15) is 5.10 Å². The fourth-order valence-corrected chi connectivity index (χ4v) is 2.17. The minimum Gasteiger partial charge on any atom is -0.493 e. The van der Waals surface area contributed by atoms with Crippen LogP contribution in [0.4, 0.5) is 0 Å². The van der Waals surface area contributed by atoms with E-state index in [-0.39, 0.29) is 6.10 Å². The molecule has 1 aromatic carbocycles. The quantitative estimate of drug-likeness (QED) is 0.850. The van der Waals surface area contributed by atoms with E-state index in [4.69, 9.17) is 9.47 Å². The average Bonchev–Trinajstić information content (AvgIpc) is 2.81. The van der Waals surface area contributed by atoms with Gasteiger partial charge in [-0.1, -0.05) is 12.1 Å². The van der Waals surface area contributed by atoms with E-state index in [0.29, 0.717) is 0 Å². The van der Waals surface area contributed by atoms with Crippen molar-refractivity contribution in [3.8, 4) is 11.5 Å². The van der Waals surface area contributed by atoms with E-state index in [0.717, 1.165) is 35.0 Å². The second-order valence-electron chi connectivity index (χ2n) is 4.65. The molecule has 1 unspecified atom stereocenters. The average molecular weight is 275 g/mol. The Labute approximate surface area is 119 Å². The smallest absolute Gasteiger partial charge is 0.162 e. The summed E-state index contributed by atoms with van der Waals surface area (Å²) >= 11 is 0. The standard InChI is InChI=1S/C15H21N3O2/c1-10-12(9-16-3)15(18-17-10)11(2)20-14-8-6-5-7-13(14)19-4/h5-8,11,16H,9H2,1-4H3,(H,17,18). The Kier molecular flexibility index (Phi) is 4.63. The molecule has 0 saturated carbocycles. The third-order valence-electron chi connectivity index (χ3n) is 3.22. The molecule has 2 N–H and O–H groups in total. The van der Waals surface area contributed by atoms with E-state index in [1.54, 1.807) is 7.11 Å². The van der Waals surface area contributed by atoms with Crippen molar-refractivity contribution in [1.29, 1.82) is 0 Å². The van der Waals surface area contributed by atoms with Crippen LogP contribution in [-0.4, -0.2) is 24.4 Å². The van der Waals surface area contributed by atoms with Crippen molar-refractivity contribution in [1.82, 2.24) is 15.5 Å². The molecule has 1 aromatic heterocycles. The number of hydrogen-bond acceptors (Lipinski definition) is 4. The highest BCUT2D eigenvalue weighted by atomic mass is 16.5. The van der Waals surface area contributed by atoms with Crippen LogP contribution in [0.3, 0.4) is 0 Å². The molecule has 108 valence electrons. The normalized spacial score (nSPS) is 12.2. The summed E-state index contributed by atoms with van der Waals surface area (Å²) in [7, 11) is 3.56. The summed E-state index contributed by atoms with van der Waals surface area (Å²) in [5.41, 5.74) is 3.13. The summed E-state index contributed by atoms with van der Waals surface area (Å²) in [6.07, 6.45) is -0.153. The molecule has 2 aromatic rings. The Morgan fingerprint density at radius 1 is 1.30 bits per heavy atom. The molecule has 20 heavy (non-hydrogen) atoms. The first-order chi connectivity index (χ1) is 9.67. The van der Waals surface area contributed by atoms with Crippen molar-refractivity contribution in [2.45, 2.75) is 26.5 Å². The first-order valence-electron chi connectivity index (χ1n) is 6.65. The predicted molar refractivity (Wildman–Crippen MR) is 78.1 cm³/mol. The fraction of sp³-hybridized carbons (Fsp3) is 0.400. The maximum Gasteiger partial charge on any atom is 0.162 e. The summed E-state index contributed by atoms with van der Waals surface area (Å²) in [6.45, 7) is 4.76. The van der Waals surface area contributed by atoms with Crippen LogP contribution in [0.2, 0.25) is 0 Å². The molecule has 0 radical (unpaired) electrons. The molecule has 0 saturated heterocycles. The summed E-state index contributed by atoms with van der Waals surface area (Å²) < 4.78 is 11.3. The van der Waals surface area contributed by atoms with Gasteiger partial charge in [-0.15, -0.1) is 0 Å². The van der Waals surface area contributed by atoms with Crippen LogP contribution >= 0.6 is 0 Å². The number of rotatable bonds is 6. The number of aromatic amines is 1. The van der Waals surface area contributed by atoms with Crippen LogP contribution in [0.1, 0.15) is 30.0 Å². The third-order valence-corrected chi connectivity index (χ3v) is 3.22. The Balaban J connectivity index is 2.21. The summed E-state index contributed by atoms with van der Waals surface area (Å²) in [4.78, 5) is 0. The van der Waals surface area contributed by atoms with Gasteiger partial charge in [-0.05, 0) is 33.0 Å². The number of ether oxygens (including phenoxy) is 2. The van der Waals surface area contributed by atoms with E-state index >= 15 is 0 Å². The number of hydrogen-bond donors (Lipinski definition) is 2. The predicted octanol–water partition coefficient (Wildman–Crippen LogP) is 2.59. The zero-order valence-corrected chi connectivity index (χ0v) is 12.4. The van der Waals surface area contributed by atoms with Crippen molar-refractivity contribution < 1.29 is 9.47 Å². The lowest BCUT2D eigenvalue weighted by Crippen LogP contribution is -2.12. The van der Waals surface area contributed by atoms with Gasteiger partial charge in [-0.3, -0.25) is 5.10 Å². The molecule has 0 spiro atoms. The lowest BCUT2D eigenvalue weighted by Gasteiger charge is -2.16. The Morgan fingerprint density at radius 3 is 2.65 bits per heavy atom. The summed E-state index contributed by atoms with van der Waals surface area (Å²) in [6, 6.07) is 7.62. The first kappa shape index (κ1) is 14.4. The lowest BCUT2D eigenvalue weighted by molar-refractivity contribution is 0.210. The maximum atomic E-state index is 5.99. The molecular formula is C15H21N3O2. The van der Waals surface area contributed by atoms with Gasteiger partial charge in [0.2, 0.25) is 0 Å². The van der Waals surface area contributed by atoms with Gasteiger partial charge >= 0.3 is 0 Å². The maximum absolute atomic E-state index is 5.99. The molecule has 0 bridgehead atoms. The van der Waals surface area contributed by atoms with Crippen LogP contribution in [0, 0.1) is 6.92 Å². The fourth-order valence-electron chi connectivity index (χ4n) is 2.17. The molecule has 0 fully saturated rings. The van der Waals surface area contributed by atoms with Crippen LogP contribution in [0.5, 0.6) is 11.5 Å². The molecular weight excluding hydrogens is 254 g/mol. The van der Waals surface area contributed by atoms with Crippen LogP contribution < -0.4 is 14.8 Å². The zero-order chi connectivity index (χ0) is 14.5. The minimum atomic E-state index is -0.153. The van der Waals surface area contributed by atoms with Crippen LogP contribution in [0.25, 0.3) is 0 Å². The molecule has 1 atom stereocenters. The number of aryl methyl sites for hydroxylation is 1. The van der Waals surface area contributed by atoms with Crippen molar-refractivity contribution >= 4 is 0 Å². The molecule has 5 nitrogen and oxygen atoms in total. The van der Waals surface area contributed by atoms with Crippen molar-refractivity contribution in [3.05, 3.63) is 41.2 Å². The minimum absolute atomic E-state index is 0.153. The molecule has 0 amide bonds. The monoisotopic (exact) mass is 275 g/mol. The van der Waals surface area contributed by atoms with E-state index in [9.17, 15) is 0 Å². The van der Waals surface area contributed by atoms with Crippen molar-refractivity contribution in [2.75, 3.05) is 14.2 Å². The highest BCUT2D eigenvalue weighted by molar-refractivity contribution is 5.40. The van der Waals surface area contributed by atoms with Crippen molar-refractivity contribution in [3.63, 3.8) is 0 Å². The number of methoxy groups -OCH3 is 1. The zero-order valence-electron chi connectivity index (χ0n) is 12.4. The largest absolute Gasteiger partial charge is 0.493 e. The second kappa shape index (κ2) is 6.43. The number of aromatic nitrogens is 2. The topological polar surface area (TPSA) is 59.2 Å². The molecule has 0 aliphatic heterocycles. The molecule has 2 rings (SSSR count). The Morgan fingerprint density at radius 2 is 2.00 bits per heavy atom. The number of nitrogens with zero attached hydrogens (tertiary/aromatic N) is 1. The van der Waals surface area contributed by atoms with E-state index in [1.165, 1.54) is 0 Å². The van der Waals surface area contributed by atoms with Crippen molar-refractivity contribution in [2.24, 2.45) is 0 Å². The van der Waals surface area contributed by atoms with Gasteiger partial charge in [0.15, 0.2) is 11.5 Å². The van der Waals surface area contributed by atoms with E-state index in [1.807, 2.05) is 45.2 Å². The third kappa shape index (κ3) is 2.93. The van der Waals surface area contributed by atoms with E-state index < -0.39 is 0 Å². The van der Waals surface area contributed by atoms with Crippen LogP contribution in [0.15, 0.2) is 24.3 Å². The number of benzene rings is 1. The van der Waals surface area contributed by atoms with Gasteiger partial charge in [0.1, 0.15) is 11.8 Å².